The van der Waals surface area contributed by atoms with Crippen molar-refractivity contribution in [2.24, 2.45) is 0 Å². The second kappa shape index (κ2) is 11.3. The number of aromatic nitrogens is 1. The number of benzene rings is 1. The molecule has 0 radical (unpaired) electrons. The predicted octanol–water partition coefficient (Wildman–Crippen LogP) is 0.0767. The van der Waals surface area contributed by atoms with E-state index in [0.29, 0.717) is 11.3 Å². The van der Waals surface area contributed by atoms with Crippen molar-refractivity contribution in [3.8, 4) is 5.75 Å². The lowest BCUT2D eigenvalue weighted by molar-refractivity contribution is -0.145. The van der Waals surface area contributed by atoms with Gasteiger partial charge in [0, 0.05) is 38.4 Å². The molecule has 0 saturated carbocycles. The van der Waals surface area contributed by atoms with Gasteiger partial charge in [0.2, 0.25) is 15.9 Å². The van der Waals surface area contributed by atoms with Gasteiger partial charge in [-0.1, -0.05) is 12.1 Å². The zero-order valence-corrected chi connectivity index (χ0v) is 20.5. The summed E-state index contributed by atoms with van der Waals surface area (Å²) in [7, 11) is -1.03. The number of sulfonamides is 1. The van der Waals surface area contributed by atoms with Gasteiger partial charge in [-0.3, -0.25) is 14.6 Å². The van der Waals surface area contributed by atoms with Crippen molar-refractivity contribution in [3.05, 3.63) is 59.9 Å². The summed E-state index contributed by atoms with van der Waals surface area (Å²) in [6, 6.07) is 7.87. The van der Waals surface area contributed by atoms with E-state index in [1.54, 1.807) is 36.4 Å². The summed E-state index contributed by atoms with van der Waals surface area (Å²) < 4.78 is 35.8. The number of nitrogens with zero attached hydrogens (tertiary/aromatic N) is 3. The fourth-order valence-corrected chi connectivity index (χ4v) is 4.87. The van der Waals surface area contributed by atoms with Crippen molar-refractivity contribution in [2.75, 3.05) is 40.1 Å². The first-order chi connectivity index (χ1) is 16.6. The average Bonchev–Trinajstić information content (AvgIpc) is 2.87. The highest BCUT2D eigenvalue weighted by atomic mass is 32.2. The number of carbonyl (C=O) groups is 3. The van der Waals surface area contributed by atoms with E-state index in [4.69, 9.17) is 9.47 Å². The molecule has 2 heterocycles. The van der Waals surface area contributed by atoms with E-state index in [-0.39, 0.29) is 32.0 Å². The molecule has 1 fully saturated rings. The second-order valence-corrected chi connectivity index (χ2v) is 9.95. The molecule has 1 aliphatic heterocycles. The van der Waals surface area contributed by atoms with Gasteiger partial charge >= 0.3 is 5.97 Å². The van der Waals surface area contributed by atoms with Gasteiger partial charge in [0.1, 0.15) is 17.8 Å². The van der Waals surface area contributed by atoms with Crippen LogP contribution in [0.25, 0.3) is 0 Å². The summed E-state index contributed by atoms with van der Waals surface area (Å²) in [6.07, 6.45) is 4.06. The van der Waals surface area contributed by atoms with Crippen molar-refractivity contribution in [3.63, 3.8) is 0 Å². The van der Waals surface area contributed by atoms with Crippen LogP contribution in [0.3, 0.4) is 0 Å². The highest BCUT2D eigenvalue weighted by Crippen LogP contribution is 2.18. The number of amides is 2. The Morgan fingerprint density at radius 2 is 1.86 bits per heavy atom. The van der Waals surface area contributed by atoms with E-state index in [9.17, 15) is 22.8 Å². The second-order valence-electron chi connectivity index (χ2n) is 8.02. The number of pyridine rings is 1. The summed E-state index contributed by atoms with van der Waals surface area (Å²) in [5.41, 5.74) is 1.06. The van der Waals surface area contributed by atoms with Crippen LogP contribution in [-0.2, 0) is 30.8 Å². The molecule has 35 heavy (non-hydrogen) atoms. The molecular weight excluding hydrogens is 476 g/mol. The molecule has 0 spiro atoms. The Morgan fingerprint density at radius 3 is 2.43 bits per heavy atom. The quantitative estimate of drug-likeness (QED) is 0.499. The Kier molecular flexibility index (Phi) is 8.41. The minimum Gasteiger partial charge on any atom is -0.497 e. The van der Waals surface area contributed by atoms with Crippen LogP contribution in [0, 0.1) is 0 Å². The molecule has 0 bridgehead atoms. The van der Waals surface area contributed by atoms with Crippen LogP contribution in [-0.4, -0.2) is 92.6 Å². The third-order valence-corrected chi connectivity index (χ3v) is 6.95. The number of piperazine rings is 1. The molecule has 188 valence electrons. The third-order valence-electron chi connectivity index (χ3n) is 5.66. The number of nitrogens with one attached hydrogen (secondary N) is 1. The van der Waals surface area contributed by atoms with Gasteiger partial charge < -0.3 is 19.7 Å². The summed E-state index contributed by atoms with van der Waals surface area (Å²) in [6.45, 7) is -0.135. The van der Waals surface area contributed by atoms with E-state index < -0.39 is 34.0 Å². The van der Waals surface area contributed by atoms with Crippen LogP contribution < -0.4 is 10.1 Å². The van der Waals surface area contributed by atoms with Crippen LogP contribution in [0.4, 0.5) is 0 Å². The van der Waals surface area contributed by atoms with Gasteiger partial charge in [0.05, 0.1) is 26.0 Å². The Labute approximate surface area is 204 Å². The van der Waals surface area contributed by atoms with Crippen LogP contribution in [0.1, 0.15) is 15.9 Å². The van der Waals surface area contributed by atoms with Crippen LogP contribution in [0.2, 0.25) is 0 Å². The van der Waals surface area contributed by atoms with Crippen molar-refractivity contribution < 1.29 is 32.3 Å². The van der Waals surface area contributed by atoms with Crippen LogP contribution >= 0.6 is 0 Å². The van der Waals surface area contributed by atoms with E-state index in [1.165, 1.54) is 31.5 Å². The molecule has 2 atom stereocenters. The number of rotatable bonds is 8. The third kappa shape index (κ3) is 6.55. The molecular formula is C23H28N4O7S. The molecule has 2 aromatic rings. The molecule has 2 amide bonds. The summed E-state index contributed by atoms with van der Waals surface area (Å²) >= 11 is 0. The highest BCUT2D eigenvalue weighted by Gasteiger charge is 2.40. The molecule has 11 nitrogen and oxygen atoms in total. The lowest BCUT2D eigenvalue weighted by atomic mass is 10.0. The molecule has 0 unspecified atom stereocenters. The number of hydrogen-bond acceptors (Lipinski definition) is 8. The van der Waals surface area contributed by atoms with E-state index >= 15 is 0 Å². The van der Waals surface area contributed by atoms with E-state index in [1.807, 2.05) is 0 Å². The van der Waals surface area contributed by atoms with Gasteiger partial charge in [-0.2, -0.15) is 4.31 Å². The standard InChI is InChI=1S/C23H28N4O7S/c1-33-18-8-6-16(7-9-18)13-19(23(30)34-2)25-21(28)20-15-26(11-12-27(20)35(3,31)32)22(29)17-5-4-10-24-14-17/h4-10,14,19-20H,11-13,15H2,1-3H3,(H,25,28)/t19-,20-/m0/s1. The lowest BCUT2D eigenvalue weighted by Crippen LogP contribution is -2.62. The highest BCUT2D eigenvalue weighted by molar-refractivity contribution is 7.88. The Morgan fingerprint density at radius 1 is 1.14 bits per heavy atom. The maximum Gasteiger partial charge on any atom is 0.328 e. The van der Waals surface area contributed by atoms with Crippen LogP contribution in [0.5, 0.6) is 5.75 Å². The van der Waals surface area contributed by atoms with Gasteiger partial charge in [0.15, 0.2) is 0 Å². The summed E-state index contributed by atoms with van der Waals surface area (Å²) in [4.78, 5) is 43.9. The van der Waals surface area contributed by atoms with Gasteiger partial charge in [-0.05, 0) is 29.8 Å². The summed E-state index contributed by atoms with van der Waals surface area (Å²) in [5.74, 6) is -1.12. The minimum absolute atomic E-state index is 0.0652. The van der Waals surface area contributed by atoms with Gasteiger partial charge in [-0.25, -0.2) is 13.2 Å². The lowest BCUT2D eigenvalue weighted by Gasteiger charge is -2.39. The zero-order valence-electron chi connectivity index (χ0n) is 19.7. The largest absolute Gasteiger partial charge is 0.497 e. The topological polar surface area (TPSA) is 135 Å². The van der Waals surface area contributed by atoms with E-state index in [0.717, 1.165) is 16.1 Å². The fraction of sp³-hybridized carbons (Fsp3) is 0.391. The van der Waals surface area contributed by atoms with Crippen molar-refractivity contribution in [1.29, 1.82) is 0 Å². The maximum atomic E-state index is 13.3. The van der Waals surface area contributed by atoms with Crippen molar-refractivity contribution >= 4 is 27.8 Å². The Balaban J connectivity index is 1.81. The Hall–Kier alpha value is -3.51. The number of carbonyl (C=O) groups excluding carboxylic acids is 3. The monoisotopic (exact) mass is 504 g/mol. The number of esters is 1. The molecule has 1 N–H and O–H groups in total. The minimum atomic E-state index is -3.77. The number of methoxy groups -OCH3 is 2. The molecule has 1 aromatic carbocycles. The number of ether oxygens (including phenoxy) is 2. The first-order valence-corrected chi connectivity index (χ1v) is 12.7. The van der Waals surface area contributed by atoms with E-state index in [2.05, 4.69) is 10.3 Å². The van der Waals surface area contributed by atoms with Gasteiger partial charge in [-0.15, -0.1) is 0 Å². The predicted molar refractivity (Wildman–Crippen MR) is 126 cm³/mol. The molecule has 0 aliphatic carbocycles. The molecule has 12 heteroatoms. The average molecular weight is 505 g/mol. The summed E-state index contributed by atoms with van der Waals surface area (Å²) in [5, 5.41) is 2.61. The van der Waals surface area contributed by atoms with Crippen LogP contribution in [0.15, 0.2) is 48.8 Å². The zero-order chi connectivity index (χ0) is 25.6. The fourth-order valence-electron chi connectivity index (χ4n) is 3.83. The maximum absolute atomic E-state index is 13.3. The normalized spacial score (nSPS) is 17.3. The van der Waals surface area contributed by atoms with Gasteiger partial charge in [0.25, 0.3) is 5.91 Å². The molecule has 1 saturated heterocycles. The SMILES string of the molecule is COC(=O)[C@H](Cc1ccc(OC)cc1)NC(=O)[C@@H]1CN(C(=O)c2cccnc2)CCN1S(C)(=O)=O. The smallest absolute Gasteiger partial charge is 0.328 e. The molecule has 1 aromatic heterocycles. The Bertz CT molecular complexity index is 1160. The first kappa shape index (κ1) is 26.1. The number of hydrogen-bond donors (Lipinski definition) is 1. The van der Waals surface area contributed by atoms with Crippen molar-refractivity contribution in [1.82, 2.24) is 19.5 Å². The molecule has 3 rings (SSSR count). The van der Waals surface area contributed by atoms with Crippen molar-refractivity contribution in [2.45, 2.75) is 18.5 Å². The first-order valence-electron chi connectivity index (χ1n) is 10.8. The molecule has 1 aliphatic rings.